The molecule has 6 aliphatic rings. The number of amides is 1. The third kappa shape index (κ3) is 4.25. The first-order valence-corrected chi connectivity index (χ1v) is 15.8. The predicted molar refractivity (Wildman–Crippen MR) is 156 cm³/mol. The highest BCUT2D eigenvalue weighted by molar-refractivity contribution is 5.97. The van der Waals surface area contributed by atoms with Crippen LogP contribution in [0.3, 0.4) is 0 Å². The minimum atomic E-state index is -0.680. The topological polar surface area (TPSA) is 101 Å². The number of H-pyrrole nitrogens is 1. The third-order valence-electron chi connectivity index (χ3n) is 11.3. The minimum Gasteiger partial charge on any atom is -0.387 e. The molecule has 41 heavy (non-hydrogen) atoms. The van der Waals surface area contributed by atoms with Gasteiger partial charge in [0.15, 0.2) is 17.7 Å². The smallest absolute Gasteiger partial charge is 0.245 e. The van der Waals surface area contributed by atoms with Gasteiger partial charge in [0.1, 0.15) is 12.2 Å². The van der Waals surface area contributed by atoms with E-state index in [9.17, 15) is 9.59 Å². The van der Waals surface area contributed by atoms with Crippen LogP contribution in [-0.4, -0.2) is 51.9 Å². The van der Waals surface area contributed by atoms with Crippen molar-refractivity contribution in [3.63, 3.8) is 0 Å². The van der Waals surface area contributed by atoms with Gasteiger partial charge < -0.3 is 24.9 Å². The van der Waals surface area contributed by atoms with Crippen molar-refractivity contribution in [2.45, 2.75) is 114 Å². The zero-order valence-electron chi connectivity index (χ0n) is 24.6. The molecule has 6 unspecified atom stereocenters. The SMILES string of the molecule is CC1(C)OC23CCC4(C)C(CCC5Cc6c([nH]c7ccccc67)C54)C2=CC(=O)C1O3.O=C(CO)NC1CCCCC1. The number of carbonyl (C=O) groups excluding carboxylic acids is 2. The van der Waals surface area contributed by atoms with Gasteiger partial charge >= 0.3 is 0 Å². The number of aliphatic hydroxyl groups is 1. The number of nitrogens with one attached hydrogen (secondary N) is 2. The Morgan fingerprint density at radius 2 is 1.85 bits per heavy atom. The number of aliphatic hydroxyl groups excluding tert-OH is 1. The monoisotopic (exact) mass is 560 g/mol. The van der Waals surface area contributed by atoms with E-state index in [-0.39, 0.29) is 23.7 Å². The molecule has 7 heteroatoms. The largest absolute Gasteiger partial charge is 0.387 e. The van der Waals surface area contributed by atoms with Crippen molar-refractivity contribution < 1.29 is 24.2 Å². The lowest BCUT2D eigenvalue weighted by molar-refractivity contribution is -0.199. The fourth-order valence-electron chi connectivity index (χ4n) is 9.50. The second kappa shape index (κ2) is 9.78. The predicted octanol–water partition coefficient (Wildman–Crippen LogP) is 5.46. The molecule has 3 saturated carbocycles. The molecule has 1 saturated heterocycles. The highest BCUT2D eigenvalue weighted by atomic mass is 16.8. The van der Waals surface area contributed by atoms with Gasteiger partial charge in [-0.1, -0.05) is 44.4 Å². The van der Waals surface area contributed by atoms with Gasteiger partial charge in [0.05, 0.1) is 0 Å². The number of hydrogen-bond acceptors (Lipinski definition) is 5. The maximum Gasteiger partial charge on any atom is 0.245 e. The molecule has 220 valence electrons. The number of fused-ring (bicyclic) bond motifs is 9. The molecule has 4 fully saturated rings. The Hall–Kier alpha value is -2.48. The molecule has 1 amide bonds. The van der Waals surface area contributed by atoms with Crippen LogP contribution in [-0.2, 0) is 25.5 Å². The first-order valence-electron chi connectivity index (χ1n) is 15.8. The molecule has 4 aliphatic carbocycles. The molecule has 3 heterocycles. The van der Waals surface area contributed by atoms with E-state index >= 15 is 0 Å². The second-order valence-electron chi connectivity index (χ2n) is 14.2. The van der Waals surface area contributed by atoms with Crippen LogP contribution in [0.15, 0.2) is 35.9 Å². The summed E-state index contributed by atoms with van der Waals surface area (Å²) in [6, 6.07) is 9.06. The standard InChI is InChI=1S/C26H29NO3.C8H15NO2/c1-24(2)23-20(28)13-18-17-9-8-14-12-16-15-6-4-5-7-19(15)27-22(16)21(14)25(17,3)10-11-26(18,29-23)30-24;10-6-8(11)9-7-4-2-1-3-5-7/h4-7,13-14,17,21,23,27H,8-12H2,1-3H3;7,10H,1-6H2,(H,9,11). The van der Waals surface area contributed by atoms with Crippen LogP contribution in [0.1, 0.15) is 95.7 Å². The molecule has 2 aliphatic heterocycles. The van der Waals surface area contributed by atoms with E-state index in [0.29, 0.717) is 23.8 Å². The number of hydrogen-bond donors (Lipinski definition) is 3. The molecule has 3 N–H and O–H groups in total. The van der Waals surface area contributed by atoms with E-state index in [4.69, 9.17) is 14.6 Å². The Morgan fingerprint density at radius 1 is 1.07 bits per heavy atom. The fourth-order valence-corrected chi connectivity index (χ4v) is 9.50. The minimum absolute atomic E-state index is 0.0900. The number of ether oxygens (including phenoxy) is 2. The summed E-state index contributed by atoms with van der Waals surface area (Å²) in [5.74, 6) is 0.716. The number of rotatable bonds is 2. The van der Waals surface area contributed by atoms with Crippen molar-refractivity contribution >= 4 is 22.6 Å². The van der Waals surface area contributed by atoms with Crippen molar-refractivity contribution in [1.82, 2.24) is 10.3 Å². The van der Waals surface area contributed by atoms with Crippen molar-refractivity contribution in [2.75, 3.05) is 6.61 Å². The lowest BCUT2D eigenvalue weighted by Crippen LogP contribution is -2.54. The normalized spacial score (nSPS) is 36.8. The van der Waals surface area contributed by atoms with Crippen molar-refractivity contribution in [2.24, 2.45) is 17.3 Å². The van der Waals surface area contributed by atoms with Gasteiger partial charge in [0.2, 0.25) is 5.91 Å². The number of ketones is 1. The maximum absolute atomic E-state index is 13.0. The average Bonchev–Trinajstić information content (AvgIpc) is 3.57. The van der Waals surface area contributed by atoms with E-state index in [2.05, 4.69) is 41.5 Å². The van der Waals surface area contributed by atoms with Crippen molar-refractivity contribution in [3.8, 4) is 0 Å². The average molecular weight is 561 g/mol. The van der Waals surface area contributed by atoms with Gasteiger partial charge in [-0.3, -0.25) is 9.59 Å². The molecular formula is C34H44N2O5. The van der Waals surface area contributed by atoms with Crippen LogP contribution < -0.4 is 5.32 Å². The van der Waals surface area contributed by atoms with Gasteiger partial charge in [-0.25, -0.2) is 0 Å². The first-order chi connectivity index (χ1) is 19.6. The van der Waals surface area contributed by atoms with E-state index in [1.54, 1.807) is 0 Å². The number of aromatic nitrogens is 1. The Balaban J connectivity index is 0.000000214. The van der Waals surface area contributed by atoms with Gasteiger partial charge in [-0.2, -0.15) is 0 Å². The molecule has 2 bridgehead atoms. The lowest BCUT2D eigenvalue weighted by atomic mass is 9.50. The van der Waals surface area contributed by atoms with Crippen molar-refractivity contribution in [3.05, 3.63) is 47.2 Å². The molecule has 0 radical (unpaired) electrons. The van der Waals surface area contributed by atoms with E-state index < -0.39 is 17.5 Å². The molecule has 1 aromatic heterocycles. The van der Waals surface area contributed by atoms with Gasteiger partial charge in [0.25, 0.3) is 0 Å². The number of aromatic amines is 1. The number of carbonyl (C=O) groups is 2. The molecule has 1 aromatic carbocycles. The van der Waals surface area contributed by atoms with Crippen molar-refractivity contribution in [1.29, 1.82) is 0 Å². The molecule has 1 spiro atoms. The Morgan fingerprint density at radius 3 is 2.63 bits per heavy atom. The lowest BCUT2D eigenvalue weighted by Gasteiger charge is -2.57. The zero-order chi connectivity index (χ0) is 28.6. The van der Waals surface area contributed by atoms with E-state index in [1.165, 1.54) is 54.3 Å². The highest BCUT2D eigenvalue weighted by Crippen LogP contribution is 2.68. The van der Waals surface area contributed by atoms with Crippen LogP contribution >= 0.6 is 0 Å². The summed E-state index contributed by atoms with van der Waals surface area (Å²) in [7, 11) is 0. The van der Waals surface area contributed by atoms with E-state index in [0.717, 1.165) is 37.7 Å². The van der Waals surface area contributed by atoms with Gasteiger partial charge in [0, 0.05) is 35.0 Å². The summed E-state index contributed by atoms with van der Waals surface area (Å²) in [5.41, 5.74) is 4.95. The first kappa shape index (κ1) is 27.4. The molecule has 8 rings (SSSR count). The number of para-hydroxylation sites is 1. The zero-order valence-corrected chi connectivity index (χ0v) is 24.6. The fraction of sp³-hybridized carbons (Fsp3) is 0.647. The van der Waals surface area contributed by atoms with Crippen LogP contribution in [0.4, 0.5) is 0 Å². The summed E-state index contributed by atoms with van der Waals surface area (Å²) in [6.07, 6.45) is 12.7. The molecular weight excluding hydrogens is 516 g/mol. The van der Waals surface area contributed by atoms with E-state index in [1.807, 2.05) is 19.9 Å². The highest BCUT2D eigenvalue weighted by Gasteiger charge is 2.66. The molecule has 6 atom stereocenters. The van der Waals surface area contributed by atoms with Crippen LogP contribution in [0.2, 0.25) is 0 Å². The Kier molecular flexibility index (Phi) is 6.53. The molecule has 7 nitrogen and oxygen atoms in total. The summed E-state index contributed by atoms with van der Waals surface area (Å²) in [5, 5.41) is 12.6. The molecule has 2 aromatic rings. The Bertz CT molecular complexity index is 1400. The summed E-state index contributed by atoms with van der Waals surface area (Å²) >= 11 is 0. The maximum atomic E-state index is 13.0. The van der Waals surface area contributed by atoms with Gasteiger partial charge in [-0.05, 0) is 92.9 Å². The summed E-state index contributed by atoms with van der Waals surface area (Å²) in [4.78, 5) is 27.5. The van der Waals surface area contributed by atoms with Gasteiger partial charge in [-0.15, -0.1) is 0 Å². The quantitative estimate of drug-likeness (QED) is 0.453. The summed E-state index contributed by atoms with van der Waals surface area (Å²) < 4.78 is 12.9. The van der Waals surface area contributed by atoms with Crippen LogP contribution in [0.5, 0.6) is 0 Å². The Labute approximate surface area is 242 Å². The third-order valence-corrected chi connectivity index (χ3v) is 11.3. The van der Waals surface area contributed by atoms with Crippen LogP contribution in [0.25, 0.3) is 10.9 Å². The summed E-state index contributed by atoms with van der Waals surface area (Å²) in [6.45, 7) is 6.09. The van der Waals surface area contributed by atoms with Crippen LogP contribution in [0, 0.1) is 17.3 Å². The number of benzene rings is 1. The second-order valence-corrected chi connectivity index (χ2v) is 14.2.